The van der Waals surface area contributed by atoms with Crippen LogP contribution in [-0.4, -0.2) is 91.4 Å². The van der Waals surface area contributed by atoms with Crippen LogP contribution >= 0.6 is 0 Å². The molecule has 4 aliphatic carbocycles. The molecule has 10 heteroatoms. The van der Waals surface area contributed by atoms with Gasteiger partial charge in [0.05, 0.1) is 29.1 Å². The van der Waals surface area contributed by atoms with Crippen molar-refractivity contribution in [2.45, 2.75) is 101 Å². The van der Waals surface area contributed by atoms with Crippen LogP contribution in [0.4, 0.5) is 0 Å². The molecular weight excluding hydrogens is 472 g/mol. The molecule has 1 spiro atoms. The number of carbonyl (C=O) groups excluding carboxylic acids is 2. The van der Waals surface area contributed by atoms with Gasteiger partial charge in [0, 0.05) is 11.3 Å². The smallest absolute Gasteiger partial charge is 0.314 e. The molecule has 12 atom stereocenters. The molecule has 0 aromatic rings. The summed E-state index contributed by atoms with van der Waals surface area (Å²) in [7, 11) is 0. The Labute approximate surface area is 209 Å². The van der Waals surface area contributed by atoms with E-state index in [-0.39, 0.29) is 18.1 Å². The lowest BCUT2D eigenvalue weighted by atomic mass is 9.38. The molecule has 10 nitrogen and oxygen atoms in total. The van der Waals surface area contributed by atoms with E-state index in [1.807, 2.05) is 6.92 Å². The molecule has 0 aromatic carbocycles. The minimum Gasteiger partial charge on any atom is -0.432 e. The number of Topliss-reactive ketones (excluding diaryl/α,β-unsaturated/α-hetero) is 1. The predicted molar refractivity (Wildman–Crippen MR) is 123 cm³/mol. The van der Waals surface area contributed by atoms with Crippen molar-refractivity contribution in [2.75, 3.05) is 6.61 Å². The van der Waals surface area contributed by atoms with E-state index in [4.69, 9.17) is 9.47 Å². The number of rotatable bonds is 3. The van der Waals surface area contributed by atoms with Crippen molar-refractivity contribution in [1.82, 2.24) is 0 Å². The third-order valence-electron chi connectivity index (χ3n) is 10.7. The number of ether oxygens (including phenoxy) is 2. The first-order valence-corrected chi connectivity index (χ1v) is 12.9. The van der Waals surface area contributed by atoms with Gasteiger partial charge in [0.1, 0.15) is 24.4 Å². The molecule has 5 rings (SSSR count). The molecule has 0 amide bonds. The van der Waals surface area contributed by atoms with Crippen LogP contribution in [0.3, 0.4) is 0 Å². The molecule has 5 aliphatic rings. The Bertz CT molecular complexity index is 966. The summed E-state index contributed by atoms with van der Waals surface area (Å²) in [6, 6.07) is 0. The Hall–Kier alpha value is -1.40. The molecule has 5 fully saturated rings. The molecule has 202 valence electrons. The van der Waals surface area contributed by atoms with Crippen molar-refractivity contribution in [2.24, 2.45) is 28.1 Å². The number of allylic oxidation sites excluding steroid dienone is 1. The maximum Gasteiger partial charge on any atom is 0.314 e. The van der Waals surface area contributed by atoms with Crippen LogP contribution in [0.25, 0.3) is 0 Å². The molecule has 6 N–H and O–H groups in total. The Morgan fingerprint density at radius 1 is 1.08 bits per heavy atom. The zero-order valence-corrected chi connectivity index (χ0v) is 20.8. The maximum absolute atomic E-state index is 13.7. The van der Waals surface area contributed by atoms with Crippen LogP contribution in [0, 0.1) is 28.1 Å². The highest BCUT2D eigenvalue weighted by molar-refractivity contribution is 6.04. The van der Waals surface area contributed by atoms with Crippen LogP contribution in [0.1, 0.15) is 58.8 Å². The number of hydrogen-bond acceptors (Lipinski definition) is 10. The van der Waals surface area contributed by atoms with E-state index >= 15 is 0 Å². The summed E-state index contributed by atoms with van der Waals surface area (Å²) in [6.45, 7) is 6.84. The topological polar surface area (TPSA) is 174 Å². The lowest BCUT2D eigenvalue weighted by Gasteiger charge is -2.68. The minimum atomic E-state index is -1.74. The van der Waals surface area contributed by atoms with E-state index in [9.17, 15) is 40.2 Å². The Morgan fingerprint density at radius 3 is 2.44 bits per heavy atom. The fourth-order valence-corrected chi connectivity index (χ4v) is 8.82. The van der Waals surface area contributed by atoms with E-state index in [0.717, 1.165) is 0 Å². The first-order valence-electron chi connectivity index (χ1n) is 12.9. The third kappa shape index (κ3) is 3.09. The zero-order valence-electron chi connectivity index (χ0n) is 20.8. The van der Waals surface area contributed by atoms with Crippen LogP contribution in [0.2, 0.25) is 0 Å². The van der Waals surface area contributed by atoms with Crippen molar-refractivity contribution < 1.29 is 49.7 Å². The Balaban J connectivity index is 1.48. The van der Waals surface area contributed by atoms with E-state index in [1.54, 1.807) is 6.92 Å². The van der Waals surface area contributed by atoms with Crippen LogP contribution in [0.5, 0.6) is 0 Å². The summed E-state index contributed by atoms with van der Waals surface area (Å²) in [5.74, 6) is -1.71. The highest BCUT2D eigenvalue weighted by Crippen LogP contribution is 2.72. The largest absolute Gasteiger partial charge is 0.432 e. The monoisotopic (exact) mass is 510 g/mol. The SMILES string of the molecule is C=C1C(=O)[C@]23C[C@H]1CC[C@@]2(O)[C@]1(C)CCC[C@@](C)(C(=O)O[C@H]2O[C@@H](CO)[C@@H](O)[C@H](O)[C@H]2O)[C@H]1[C@H](O)C3. The van der Waals surface area contributed by atoms with Gasteiger partial charge in [0.2, 0.25) is 6.29 Å². The van der Waals surface area contributed by atoms with E-state index in [2.05, 4.69) is 6.58 Å². The second kappa shape index (κ2) is 8.30. The standard InChI is InChI=1S/C26H38O10/c1-12-13-5-8-26(34)24(3)7-4-6-23(2,19(24)14(28)10-25(26,9-13)20(12)32)22(33)36-21-18(31)17(30)16(29)15(11-27)35-21/h13-19,21,27-31,34H,1,4-11H2,2-3H3/t13-,14-,15+,16-,17+,18-,19-,21-,23-,24-,25-,26-/m1/s1. The first-order chi connectivity index (χ1) is 16.8. The summed E-state index contributed by atoms with van der Waals surface area (Å²) in [5.41, 5.74) is -4.31. The van der Waals surface area contributed by atoms with Crippen molar-refractivity contribution >= 4 is 11.8 Å². The molecule has 2 bridgehead atoms. The van der Waals surface area contributed by atoms with Gasteiger partial charge in [0.25, 0.3) is 0 Å². The Kier molecular flexibility index (Phi) is 6.04. The second-order valence-corrected chi connectivity index (χ2v) is 12.3. The van der Waals surface area contributed by atoms with Crippen LogP contribution in [-0.2, 0) is 19.1 Å². The van der Waals surface area contributed by atoms with Gasteiger partial charge < -0.3 is 40.1 Å². The summed E-state index contributed by atoms with van der Waals surface area (Å²) in [5, 5.41) is 63.9. The molecule has 1 aliphatic heterocycles. The van der Waals surface area contributed by atoms with Gasteiger partial charge in [-0.3, -0.25) is 9.59 Å². The summed E-state index contributed by atoms with van der Waals surface area (Å²) >= 11 is 0. The van der Waals surface area contributed by atoms with Crippen molar-refractivity contribution in [3.8, 4) is 0 Å². The highest BCUT2D eigenvalue weighted by Gasteiger charge is 2.77. The molecule has 0 unspecified atom stereocenters. The number of aliphatic hydroxyl groups is 6. The Morgan fingerprint density at radius 2 is 1.78 bits per heavy atom. The van der Waals surface area contributed by atoms with Gasteiger partial charge in [-0.2, -0.15) is 0 Å². The third-order valence-corrected chi connectivity index (χ3v) is 10.7. The minimum absolute atomic E-state index is 0.00347. The summed E-state index contributed by atoms with van der Waals surface area (Å²) in [4.78, 5) is 27.2. The average molecular weight is 511 g/mol. The van der Waals surface area contributed by atoms with Gasteiger partial charge in [-0.15, -0.1) is 0 Å². The van der Waals surface area contributed by atoms with Gasteiger partial charge in [-0.1, -0.05) is 19.9 Å². The quantitative estimate of drug-likeness (QED) is 0.216. The van der Waals surface area contributed by atoms with E-state index in [1.165, 1.54) is 0 Å². The molecular formula is C26H38O10. The molecule has 1 saturated heterocycles. The van der Waals surface area contributed by atoms with Crippen LogP contribution < -0.4 is 0 Å². The normalized spacial score (nSPS) is 54.6. The fraction of sp³-hybridized carbons (Fsp3) is 0.846. The molecule has 36 heavy (non-hydrogen) atoms. The van der Waals surface area contributed by atoms with Gasteiger partial charge in [-0.05, 0) is 56.9 Å². The molecule has 0 aromatic heterocycles. The average Bonchev–Trinajstić information content (AvgIpc) is 3.03. The van der Waals surface area contributed by atoms with E-state index < -0.39 is 77.1 Å². The molecule has 4 saturated carbocycles. The number of fused-ring (bicyclic) bond motifs is 3. The predicted octanol–water partition coefficient (Wildman–Crippen LogP) is -0.437. The number of hydrogen-bond donors (Lipinski definition) is 6. The number of aliphatic hydroxyl groups excluding tert-OH is 5. The van der Waals surface area contributed by atoms with E-state index in [0.29, 0.717) is 44.1 Å². The number of esters is 1. The fourth-order valence-electron chi connectivity index (χ4n) is 8.82. The van der Waals surface area contributed by atoms with Gasteiger partial charge in [0.15, 0.2) is 5.78 Å². The maximum atomic E-state index is 13.7. The summed E-state index contributed by atoms with van der Waals surface area (Å²) < 4.78 is 10.9. The number of carbonyl (C=O) groups is 2. The van der Waals surface area contributed by atoms with Crippen LogP contribution in [0.15, 0.2) is 12.2 Å². The van der Waals surface area contributed by atoms with Crippen molar-refractivity contribution in [3.05, 3.63) is 12.2 Å². The van der Waals surface area contributed by atoms with Crippen molar-refractivity contribution in [1.29, 1.82) is 0 Å². The first kappa shape index (κ1) is 26.2. The second-order valence-electron chi connectivity index (χ2n) is 12.3. The number of ketones is 1. The van der Waals surface area contributed by atoms with Gasteiger partial charge in [-0.25, -0.2) is 0 Å². The van der Waals surface area contributed by atoms with Crippen molar-refractivity contribution in [3.63, 3.8) is 0 Å². The highest BCUT2D eigenvalue weighted by atomic mass is 16.7. The summed E-state index contributed by atoms with van der Waals surface area (Å²) in [6.07, 6.45) is -6.11. The molecule has 0 radical (unpaired) electrons. The lowest BCUT2D eigenvalue weighted by Crippen LogP contribution is -2.73. The lowest BCUT2D eigenvalue weighted by molar-refractivity contribution is -0.306. The van der Waals surface area contributed by atoms with Gasteiger partial charge >= 0.3 is 5.97 Å². The zero-order chi connectivity index (χ0) is 26.4. The molecule has 1 heterocycles.